The molecule has 13 heavy (non-hydrogen) atoms. The first-order chi connectivity index (χ1) is 6.02. The van der Waals surface area contributed by atoms with Gasteiger partial charge in [0.05, 0.1) is 4.92 Å². The number of Topliss-reactive ketones (excluding diaryl/α,β-unsaturated/α-hetero) is 1. The van der Waals surface area contributed by atoms with Crippen LogP contribution in [0.3, 0.4) is 0 Å². The monoisotopic (exact) mass is 179 g/mol. The lowest BCUT2D eigenvalue weighted by Gasteiger charge is -1.98. The average molecular weight is 179 g/mol. The summed E-state index contributed by atoms with van der Waals surface area (Å²) < 4.78 is 0. The van der Waals surface area contributed by atoms with E-state index in [1.165, 1.54) is 25.1 Å². The molecule has 0 aliphatic carbocycles. The number of hydrogen-bond donors (Lipinski definition) is 0. The topological polar surface area (TPSA) is 60.2 Å². The van der Waals surface area contributed by atoms with Gasteiger partial charge >= 0.3 is 0 Å². The van der Waals surface area contributed by atoms with Gasteiger partial charge < -0.3 is 0 Å². The molecule has 0 radical (unpaired) electrons. The molecule has 0 saturated carbocycles. The molecule has 4 heteroatoms. The third-order valence-corrected chi connectivity index (χ3v) is 1.80. The van der Waals surface area contributed by atoms with Crippen LogP contribution in [0.25, 0.3) is 0 Å². The fraction of sp³-hybridized carbons (Fsp3) is 0.222. The lowest BCUT2D eigenvalue weighted by atomic mass is 10.1. The molecule has 0 aliphatic rings. The molecule has 4 nitrogen and oxygen atoms in total. The summed E-state index contributed by atoms with van der Waals surface area (Å²) in [4.78, 5) is 20.9. The van der Waals surface area contributed by atoms with Gasteiger partial charge in [-0.2, -0.15) is 0 Å². The fourth-order valence-corrected chi connectivity index (χ4v) is 1.08. The van der Waals surface area contributed by atoms with Gasteiger partial charge in [-0.15, -0.1) is 0 Å². The number of ketones is 1. The van der Waals surface area contributed by atoms with Crippen molar-refractivity contribution in [1.29, 1.82) is 0 Å². The molecular formula is C9H9NO3. The zero-order chi connectivity index (χ0) is 10.0. The molecule has 0 atom stereocenters. The molecule has 0 heterocycles. The maximum atomic E-state index is 10.9. The second kappa shape index (κ2) is 3.35. The van der Waals surface area contributed by atoms with Crippen molar-refractivity contribution in [3.63, 3.8) is 0 Å². The van der Waals surface area contributed by atoms with Gasteiger partial charge in [0, 0.05) is 17.2 Å². The maximum absolute atomic E-state index is 10.9. The van der Waals surface area contributed by atoms with E-state index < -0.39 is 4.92 Å². The molecule has 0 spiro atoms. The summed E-state index contributed by atoms with van der Waals surface area (Å²) in [5.41, 5.74) is 1.06. The summed E-state index contributed by atoms with van der Waals surface area (Å²) in [5, 5.41) is 10.4. The largest absolute Gasteiger partial charge is 0.295 e. The Morgan fingerprint density at radius 1 is 1.46 bits per heavy atom. The average Bonchev–Trinajstić information content (AvgIpc) is 2.03. The molecule has 0 aromatic heterocycles. The lowest BCUT2D eigenvalue weighted by Crippen LogP contribution is -1.96. The van der Waals surface area contributed by atoms with E-state index in [2.05, 4.69) is 0 Å². The van der Waals surface area contributed by atoms with Gasteiger partial charge in [-0.05, 0) is 26.0 Å². The SMILES string of the molecule is CC(=O)c1ccc([N+](=O)[O-])c(C)c1. The van der Waals surface area contributed by atoms with Crippen LogP contribution in [-0.2, 0) is 0 Å². The first kappa shape index (κ1) is 9.38. The number of carbonyl (C=O) groups excluding carboxylic acids is 1. The van der Waals surface area contributed by atoms with Crippen LogP contribution in [0, 0.1) is 17.0 Å². The Morgan fingerprint density at radius 2 is 2.08 bits per heavy atom. The fourth-order valence-electron chi connectivity index (χ4n) is 1.08. The van der Waals surface area contributed by atoms with Crippen LogP contribution in [0.2, 0.25) is 0 Å². The van der Waals surface area contributed by atoms with E-state index in [1.54, 1.807) is 6.92 Å². The second-order valence-corrected chi connectivity index (χ2v) is 2.81. The van der Waals surface area contributed by atoms with Crippen molar-refractivity contribution in [3.05, 3.63) is 39.4 Å². The normalized spacial score (nSPS) is 9.69. The molecule has 0 saturated heterocycles. The molecule has 0 N–H and O–H groups in total. The van der Waals surface area contributed by atoms with Crippen LogP contribution < -0.4 is 0 Å². The number of benzene rings is 1. The molecule has 0 unspecified atom stereocenters. The van der Waals surface area contributed by atoms with Crippen LogP contribution in [0.1, 0.15) is 22.8 Å². The van der Waals surface area contributed by atoms with Crippen molar-refractivity contribution < 1.29 is 9.72 Å². The van der Waals surface area contributed by atoms with E-state index in [0.717, 1.165) is 0 Å². The third-order valence-electron chi connectivity index (χ3n) is 1.80. The van der Waals surface area contributed by atoms with Gasteiger partial charge in [0.25, 0.3) is 5.69 Å². The molecule has 68 valence electrons. The lowest BCUT2D eigenvalue weighted by molar-refractivity contribution is -0.385. The van der Waals surface area contributed by atoms with Gasteiger partial charge in [0.15, 0.2) is 5.78 Å². The minimum Gasteiger partial charge on any atom is -0.295 e. The Morgan fingerprint density at radius 3 is 2.46 bits per heavy atom. The molecule has 0 fully saturated rings. The van der Waals surface area contributed by atoms with Crippen molar-refractivity contribution >= 4 is 11.5 Å². The second-order valence-electron chi connectivity index (χ2n) is 2.81. The number of hydrogen-bond acceptors (Lipinski definition) is 3. The highest BCUT2D eigenvalue weighted by Gasteiger charge is 2.11. The number of nitro groups is 1. The van der Waals surface area contributed by atoms with Crippen LogP contribution in [-0.4, -0.2) is 10.7 Å². The first-order valence-electron chi connectivity index (χ1n) is 3.78. The van der Waals surface area contributed by atoms with E-state index >= 15 is 0 Å². The van der Waals surface area contributed by atoms with Gasteiger partial charge in [-0.1, -0.05) is 0 Å². The van der Waals surface area contributed by atoms with Gasteiger partial charge in [-0.3, -0.25) is 14.9 Å². The van der Waals surface area contributed by atoms with Crippen LogP contribution in [0.4, 0.5) is 5.69 Å². The molecule has 1 aromatic rings. The maximum Gasteiger partial charge on any atom is 0.272 e. The smallest absolute Gasteiger partial charge is 0.272 e. The summed E-state index contributed by atoms with van der Waals surface area (Å²) in [5.74, 6) is -0.0852. The van der Waals surface area contributed by atoms with Gasteiger partial charge in [0.2, 0.25) is 0 Å². The Bertz CT molecular complexity index is 371. The molecule has 0 aliphatic heterocycles. The summed E-state index contributed by atoms with van der Waals surface area (Å²) in [6.45, 7) is 3.05. The Balaban J connectivity index is 3.20. The highest BCUT2D eigenvalue weighted by atomic mass is 16.6. The Kier molecular flexibility index (Phi) is 2.41. The summed E-state index contributed by atoms with van der Waals surface area (Å²) in [6, 6.07) is 4.35. The molecule has 0 bridgehead atoms. The molecule has 1 rings (SSSR count). The van der Waals surface area contributed by atoms with Crippen LogP contribution in [0.5, 0.6) is 0 Å². The minimum atomic E-state index is -0.459. The number of nitro benzene ring substituents is 1. The number of aryl methyl sites for hydroxylation is 1. The molecular weight excluding hydrogens is 170 g/mol. The first-order valence-corrected chi connectivity index (χ1v) is 3.78. The summed E-state index contributed by atoms with van der Waals surface area (Å²) in [6.07, 6.45) is 0. The third kappa shape index (κ3) is 1.90. The summed E-state index contributed by atoms with van der Waals surface area (Å²) >= 11 is 0. The molecule has 0 amide bonds. The number of carbonyl (C=O) groups is 1. The van der Waals surface area contributed by atoms with Crippen LogP contribution >= 0.6 is 0 Å². The Labute approximate surface area is 75.3 Å². The quantitative estimate of drug-likeness (QED) is 0.397. The van der Waals surface area contributed by atoms with Crippen molar-refractivity contribution in [2.75, 3.05) is 0 Å². The predicted octanol–water partition coefficient (Wildman–Crippen LogP) is 2.11. The van der Waals surface area contributed by atoms with Crippen molar-refractivity contribution in [2.45, 2.75) is 13.8 Å². The van der Waals surface area contributed by atoms with E-state index in [4.69, 9.17) is 0 Å². The zero-order valence-electron chi connectivity index (χ0n) is 7.40. The van der Waals surface area contributed by atoms with E-state index in [9.17, 15) is 14.9 Å². The molecule has 1 aromatic carbocycles. The predicted molar refractivity (Wildman–Crippen MR) is 47.8 cm³/mol. The van der Waals surface area contributed by atoms with Gasteiger partial charge in [-0.25, -0.2) is 0 Å². The standard InChI is InChI=1S/C9H9NO3/c1-6-5-8(7(2)11)3-4-9(6)10(12)13/h3-5H,1-2H3. The minimum absolute atomic E-state index is 0.0463. The number of nitrogens with zero attached hydrogens (tertiary/aromatic N) is 1. The van der Waals surface area contributed by atoms with E-state index in [1.807, 2.05) is 0 Å². The van der Waals surface area contributed by atoms with E-state index in [-0.39, 0.29) is 11.5 Å². The highest BCUT2D eigenvalue weighted by Crippen LogP contribution is 2.18. The Hall–Kier alpha value is -1.71. The van der Waals surface area contributed by atoms with E-state index in [0.29, 0.717) is 11.1 Å². The number of rotatable bonds is 2. The highest BCUT2D eigenvalue weighted by molar-refractivity contribution is 5.94. The van der Waals surface area contributed by atoms with Crippen molar-refractivity contribution in [2.24, 2.45) is 0 Å². The van der Waals surface area contributed by atoms with Gasteiger partial charge in [0.1, 0.15) is 0 Å². The van der Waals surface area contributed by atoms with Crippen molar-refractivity contribution in [3.8, 4) is 0 Å². The zero-order valence-corrected chi connectivity index (χ0v) is 7.40. The summed E-state index contributed by atoms with van der Waals surface area (Å²) in [7, 11) is 0. The van der Waals surface area contributed by atoms with Crippen LogP contribution in [0.15, 0.2) is 18.2 Å². The van der Waals surface area contributed by atoms with Crippen molar-refractivity contribution in [1.82, 2.24) is 0 Å².